The predicted molar refractivity (Wildman–Crippen MR) is 93.9 cm³/mol. The molecule has 0 aliphatic rings. The molecule has 2 N–H and O–H groups in total. The molecule has 6 heteroatoms. The number of imidazole rings is 1. The SMILES string of the molecule is COc1cc(Br)cc(CNCc2nc3ccccc3[nH]2)c1OC. The zero-order chi connectivity index (χ0) is 16.2. The van der Waals surface area contributed by atoms with E-state index in [-0.39, 0.29) is 0 Å². The van der Waals surface area contributed by atoms with E-state index >= 15 is 0 Å². The average Bonchev–Trinajstić information content (AvgIpc) is 2.97. The Morgan fingerprint density at radius 3 is 2.70 bits per heavy atom. The van der Waals surface area contributed by atoms with E-state index in [1.807, 2.05) is 36.4 Å². The van der Waals surface area contributed by atoms with E-state index in [9.17, 15) is 0 Å². The van der Waals surface area contributed by atoms with Crippen LogP contribution in [0.4, 0.5) is 0 Å². The van der Waals surface area contributed by atoms with Crippen LogP contribution >= 0.6 is 15.9 Å². The number of aromatic nitrogens is 2. The zero-order valence-electron chi connectivity index (χ0n) is 13.0. The zero-order valence-corrected chi connectivity index (χ0v) is 14.6. The van der Waals surface area contributed by atoms with Gasteiger partial charge in [-0.2, -0.15) is 0 Å². The lowest BCUT2D eigenvalue weighted by molar-refractivity contribution is 0.350. The summed E-state index contributed by atoms with van der Waals surface area (Å²) < 4.78 is 11.8. The Hall–Kier alpha value is -2.05. The van der Waals surface area contributed by atoms with E-state index in [0.29, 0.717) is 18.8 Å². The Morgan fingerprint density at radius 2 is 1.96 bits per heavy atom. The van der Waals surface area contributed by atoms with Crippen molar-refractivity contribution in [2.75, 3.05) is 14.2 Å². The van der Waals surface area contributed by atoms with Crippen LogP contribution in [-0.4, -0.2) is 24.2 Å². The number of nitrogens with one attached hydrogen (secondary N) is 2. The summed E-state index contributed by atoms with van der Waals surface area (Å²) in [5.74, 6) is 2.36. The van der Waals surface area contributed by atoms with Crippen LogP contribution in [0, 0.1) is 0 Å². The minimum absolute atomic E-state index is 0.645. The van der Waals surface area contributed by atoms with Gasteiger partial charge >= 0.3 is 0 Å². The van der Waals surface area contributed by atoms with Crippen molar-refractivity contribution in [1.29, 1.82) is 0 Å². The van der Waals surface area contributed by atoms with Crippen LogP contribution in [0.25, 0.3) is 11.0 Å². The molecule has 2 aromatic carbocycles. The minimum Gasteiger partial charge on any atom is -0.493 e. The summed E-state index contributed by atoms with van der Waals surface area (Å²) >= 11 is 3.50. The van der Waals surface area contributed by atoms with Gasteiger partial charge in [-0.1, -0.05) is 28.1 Å². The molecule has 0 spiro atoms. The Balaban J connectivity index is 1.72. The molecule has 23 heavy (non-hydrogen) atoms. The van der Waals surface area contributed by atoms with Crippen molar-refractivity contribution in [1.82, 2.24) is 15.3 Å². The second kappa shape index (κ2) is 7.02. The van der Waals surface area contributed by atoms with E-state index in [1.54, 1.807) is 14.2 Å². The third-order valence-corrected chi connectivity index (χ3v) is 4.02. The van der Waals surface area contributed by atoms with Gasteiger partial charge in [-0.3, -0.25) is 0 Å². The Kier molecular flexibility index (Phi) is 4.83. The number of H-pyrrole nitrogens is 1. The van der Waals surface area contributed by atoms with Crippen molar-refractivity contribution in [3.8, 4) is 11.5 Å². The first kappa shape index (κ1) is 15.8. The molecule has 0 atom stereocenters. The lowest BCUT2D eigenvalue weighted by Gasteiger charge is -2.13. The van der Waals surface area contributed by atoms with Crippen molar-refractivity contribution < 1.29 is 9.47 Å². The van der Waals surface area contributed by atoms with Crippen molar-refractivity contribution >= 4 is 27.0 Å². The van der Waals surface area contributed by atoms with Crippen molar-refractivity contribution in [2.45, 2.75) is 13.1 Å². The van der Waals surface area contributed by atoms with E-state index in [4.69, 9.17) is 9.47 Å². The number of benzene rings is 2. The molecule has 0 radical (unpaired) electrons. The summed E-state index contributed by atoms with van der Waals surface area (Å²) in [5.41, 5.74) is 3.05. The molecule has 0 bridgehead atoms. The topological polar surface area (TPSA) is 59.2 Å². The molecule has 3 rings (SSSR count). The van der Waals surface area contributed by atoms with Gasteiger partial charge in [0.05, 0.1) is 31.8 Å². The van der Waals surface area contributed by atoms with Gasteiger partial charge in [0.15, 0.2) is 11.5 Å². The number of methoxy groups -OCH3 is 2. The lowest BCUT2D eigenvalue weighted by Crippen LogP contribution is -2.14. The Labute approximate surface area is 143 Å². The summed E-state index contributed by atoms with van der Waals surface area (Å²) in [6.45, 7) is 1.29. The highest BCUT2D eigenvalue weighted by Crippen LogP contribution is 2.34. The first-order chi connectivity index (χ1) is 11.2. The van der Waals surface area contributed by atoms with Gasteiger partial charge in [-0.05, 0) is 24.3 Å². The molecule has 0 unspecified atom stereocenters. The molecule has 1 heterocycles. The number of rotatable bonds is 6. The summed E-state index contributed by atoms with van der Waals surface area (Å²) in [4.78, 5) is 7.86. The van der Waals surface area contributed by atoms with Gasteiger partial charge in [0.2, 0.25) is 0 Å². The first-order valence-electron chi connectivity index (χ1n) is 7.26. The molecule has 0 saturated carbocycles. The van der Waals surface area contributed by atoms with Crippen LogP contribution in [0.15, 0.2) is 40.9 Å². The average molecular weight is 376 g/mol. The Bertz CT molecular complexity index is 784. The first-order valence-corrected chi connectivity index (χ1v) is 8.05. The lowest BCUT2D eigenvalue weighted by atomic mass is 10.2. The van der Waals surface area contributed by atoms with Crippen molar-refractivity contribution in [2.24, 2.45) is 0 Å². The molecule has 0 saturated heterocycles. The molecular weight excluding hydrogens is 358 g/mol. The summed E-state index contributed by atoms with van der Waals surface area (Å²) in [6.07, 6.45) is 0. The smallest absolute Gasteiger partial charge is 0.165 e. The highest BCUT2D eigenvalue weighted by Gasteiger charge is 2.11. The number of halogens is 1. The minimum atomic E-state index is 0.645. The van der Waals surface area contributed by atoms with Gasteiger partial charge in [0, 0.05) is 16.6 Å². The second-order valence-electron chi connectivity index (χ2n) is 5.10. The van der Waals surface area contributed by atoms with Gasteiger partial charge in [-0.25, -0.2) is 4.98 Å². The van der Waals surface area contributed by atoms with Crippen LogP contribution in [0.1, 0.15) is 11.4 Å². The number of aromatic amines is 1. The number of hydrogen-bond donors (Lipinski definition) is 2. The van der Waals surface area contributed by atoms with Gasteiger partial charge in [-0.15, -0.1) is 0 Å². The molecule has 0 amide bonds. The van der Waals surface area contributed by atoms with Crippen LogP contribution in [0.2, 0.25) is 0 Å². The van der Waals surface area contributed by atoms with Crippen LogP contribution in [0.3, 0.4) is 0 Å². The maximum absolute atomic E-state index is 5.46. The fraction of sp³-hybridized carbons (Fsp3) is 0.235. The number of nitrogens with zero attached hydrogens (tertiary/aromatic N) is 1. The van der Waals surface area contributed by atoms with Crippen molar-refractivity contribution in [3.63, 3.8) is 0 Å². The maximum Gasteiger partial charge on any atom is 0.165 e. The standard InChI is InChI=1S/C17H18BrN3O2/c1-22-15-8-12(18)7-11(17(15)23-2)9-19-10-16-20-13-5-3-4-6-14(13)21-16/h3-8,19H,9-10H2,1-2H3,(H,20,21). The maximum atomic E-state index is 5.46. The monoisotopic (exact) mass is 375 g/mol. The summed E-state index contributed by atoms with van der Waals surface area (Å²) in [6, 6.07) is 11.9. The Morgan fingerprint density at radius 1 is 1.13 bits per heavy atom. The fourth-order valence-corrected chi connectivity index (χ4v) is 3.03. The molecular formula is C17H18BrN3O2. The molecule has 0 aliphatic carbocycles. The molecule has 0 fully saturated rings. The number of ether oxygens (including phenoxy) is 2. The number of para-hydroxylation sites is 2. The molecule has 0 aliphatic heterocycles. The van der Waals surface area contributed by atoms with Gasteiger partial charge in [0.1, 0.15) is 5.82 Å². The summed E-state index contributed by atoms with van der Waals surface area (Å²) in [5, 5.41) is 3.38. The van der Waals surface area contributed by atoms with Crippen LogP contribution in [-0.2, 0) is 13.1 Å². The number of fused-ring (bicyclic) bond motifs is 1. The number of hydrogen-bond acceptors (Lipinski definition) is 4. The van der Waals surface area contributed by atoms with Gasteiger partial charge < -0.3 is 19.8 Å². The van der Waals surface area contributed by atoms with E-state index < -0.39 is 0 Å². The third kappa shape index (κ3) is 3.48. The quantitative estimate of drug-likeness (QED) is 0.690. The normalized spacial score (nSPS) is 10.9. The molecule has 1 aromatic heterocycles. The summed E-state index contributed by atoms with van der Waals surface area (Å²) in [7, 11) is 3.28. The molecule has 5 nitrogen and oxygen atoms in total. The van der Waals surface area contributed by atoms with E-state index in [0.717, 1.165) is 32.6 Å². The largest absolute Gasteiger partial charge is 0.493 e. The van der Waals surface area contributed by atoms with Crippen LogP contribution < -0.4 is 14.8 Å². The third-order valence-electron chi connectivity index (χ3n) is 3.57. The van der Waals surface area contributed by atoms with Crippen LogP contribution in [0.5, 0.6) is 11.5 Å². The molecule has 120 valence electrons. The highest BCUT2D eigenvalue weighted by atomic mass is 79.9. The van der Waals surface area contributed by atoms with Crippen molar-refractivity contribution in [3.05, 3.63) is 52.3 Å². The van der Waals surface area contributed by atoms with Gasteiger partial charge in [0.25, 0.3) is 0 Å². The van der Waals surface area contributed by atoms with E-state index in [1.165, 1.54) is 0 Å². The predicted octanol–water partition coefficient (Wildman–Crippen LogP) is 3.63. The second-order valence-corrected chi connectivity index (χ2v) is 6.02. The highest BCUT2D eigenvalue weighted by molar-refractivity contribution is 9.10. The fourth-order valence-electron chi connectivity index (χ4n) is 2.54. The van der Waals surface area contributed by atoms with E-state index in [2.05, 4.69) is 31.2 Å². The molecule has 3 aromatic rings.